The fourth-order valence-electron chi connectivity index (χ4n) is 3.04. The van der Waals surface area contributed by atoms with Crippen molar-refractivity contribution in [1.29, 1.82) is 0 Å². The van der Waals surface area contributed by atoms with Crippen LogP contribution in [0, 0.1) is 6.92 Å². The number of thioether (sulfide) groups is 1. The molecular weight excluding hydrogens is 471 g/mol. The molecule has 9 heteroatoms. The van der Waals surface area contributed by atoms with Crippen molar-refractivity contribution < 1.29 is 4.74 Å². The molecule has 0 aliphatic heterocycles. The first-order valence-electron chi connectivity index (χ1n) is 9.56. The number of hydrogen-bond donors (Lipinski definition) is 0. The van der Waals surface area contributed by atoms with Crippen LogP contribution in [0.1, 0.15) is 30.1 Å². The van der Waals surface area contributed by atoms with Gasteiger partial charge in [-0.25, -0.2) is 4.98 Å². The third-order valence-electron chi connectivity index (χ3n) is 4.60. The lowest BCUT2D eigenvalue weighted by Gasteiger charge is -2.15. The molecule has 0 saturated carbocycles. The molecule has 160 valence electrons. The first-order valence-corrected chi connectivity index (χ1v) is 12.2. The molecule has 1 unspecified atom stereocenters. The summed E-state index contributed by atoms with van der Waals surface area (Å²) in [5.41, 5.74) is 3.39. The van der Waals surface area contributed by atoms with Crippen molar-refractivity contribution in [3.63, 3.8) is 0 Å². The summed E-state index contributed by atoms with van der Waals surface area (Å²) in [7, 11) is 1.93. The Morgan fingerprint density at radius 3 is 2.81 bits per heavy atom. The maximum Gasteiger partial charge on any atom is 0.191 e. The van der Waals surface area contributed by atoms with Crippen LogP contribution in [0.15, 0.2) is 53.0 Å². The van der Waals surface area contributed by atoms with Crippen molar-refractivity contribution in [3.8, 4) is 16.3 Å². The van der Waals surface area contributed by atoms with Gasteiger partial charge >= 0.3 is 0 Å². The Morgan fingerprint density at radius 1 is 1.16 bits per heavy atom. The highest BCUT2D eigenvalue weighted by molar-refractivity contribution is 7.98. The molecule has 4 aromatic rings. The van der Waals surface area contributed by atoms with E-state index < -0.39 is 0 Å². The lowest BCUT2D eigenvalue weighted by atomic mass is 10.1. The van der Waals surface area contributed by atoms with Gasteiger partial charge in [-0.3, -0.25) is 0 Å². The second-order valence-corrected chi connectivity index (χ2v) is 9.68. The van der Waals surface area contributed by atoms with E-state index in [2.05, 4.69) is 46.8 Å². The van der Waals surface area contributed by atoms with Gasteiger partial charge in [0, 0.05) is 34.8 Å². The third kappa shape index (κ3) is 5.23. The van der Waals surface area contributed by atoms with Crippen molar-refractivity contribution in [2.75, 3.05) is 0 Å². The van der Waals surface area contributed by atoms with E-state index in [9.17, 15) is 0 Å². The molecule has 5 nitrogen and oxygen atoms in total. The fraction of sp³-hybridized carbons (Fsp3) is 0.227. The molecule has 0 fully saturated rings. The van der Waals surface area contributed by atoms with Gasteiger partial charge in [-0.05, 0) is 32.0 Å². The number of thiazole rings is 1. The summed E-state index contributed by atoms with van der Waals surface area (Å²) in [4.78, 5) is 4.77. The summed E-state index contributed by atoms with van der Waals surface area (Å²) in [5.74, 6) is 1.94. The maximum absolute atomic E-state index is 6.21. The quantitative estimate of drug-likeness (QED) is 0.261. The summed E-state index contributed by atoms with van der Waals surface area (Å²) in [6.07, 6.45) is -0.338. The predicted molar refractivity (Wildman–Crippen MR) is 128 cm³/mol. The molecule has 0 aliphatic carbocycles. The largest absolute Gasteiger partial charge is 0.481 e. The first-order chi connectivity index (χ1) is 14.9. The lowest BCUT2D eigenvalue weighted by molar-refractivity contribution is 0.211. The van der Waals surface area contributed by atoms with E-state index in [-0.39, 0.29) is 6.10 Å². The summed E-state index contributed by atoms with van der Waals surface area (Å²) >= 11 is 15.5. The second-order valence-electron chi connectivity index (χ2n) is 7.04. The Labute approximate surface area is 199 Å². The fourth-order valence-corrected chi connectivity index (χ4v) is 5.10. The third-order valence-corrected chi connectivity index (χ3v) is 7.14. The van der Waals surface area contributed by atoms with E-state index in [1.807, 2.05) is 18.5 Å². The number of nitrogens with zero attached hydrogens (tertiary/aromatic N) is 4. The topological polar surface area (TPSA) is 52.8 Å². The van der Waals surface area contributed by atoms with Crippen LogP contribution < -0.4 is 4.74 Å². The zero-order valence-corrected chi connectivity index (χ0v) is 20.3. The Morgan fingerprint density at radius 2 is 2.00 bits per heavy atom. The van der Waals surface area contributed by atoms with Crippen LogP contribution in [0.3, 0.4) is 0 Å². The molecule has 0 saturated heterocycles. The number of aromatic nitrogens is 4. The second kappa shape index (κ2) is 9.61. The highest BCUT2D eigenvalue weighted by Gasteiger charge is 2.19. The van der Waals surface area contributed by atoms with Crippen molar-refractivity contribution in [2.45, 2.75) is 30.9 Å². The normalized spacial score (nSPS) is 12.2. The minimum atomic E-state index is -0.338. The van der Waals surface area contributed by atoms with Crippen LogP contribution in [-0.4, -0.2) is 19.7 Å². The van der Waals surface area contributed by atoms with Gasteiger partial charge in [0.25, 0.3) is 0 Å². The van der Waals surface area contributed by atoms with Crippen LogP contribution >= 0.6 is 46.3 Å². The zero-order valence-electron chi connectivity index (χ0n) is 17.2. The molecule has 0 aliphatic rings. The average Bonchev–Trinajstić information content (AvgIpc) is 3.36. The van der Waals surface area contributed by atoms with Gasteiger partial charge in [0.1, 0.15) is 10.8 Å². The van der Waals surface area contributed by atoms with Crippen LogP contribution in [0.25, 0.3) is 10.6 Å². The van der Waals surface area contributed by atoms with E-state index in [1.54, 1.807) is 41.3 Å². The molecule has 0 spiro atoms. The van der Waals surface area contributed by atoms with E-state index in [1.165, 1.54) is 5.56 Å². The predicted octanol–water partition coefficient (Wildman–Crippen LogP) is 6.99. The SMILES string of the molecule is Cc1cccc(-c2nc(CSc3nnc(C(C)Oc4cc(Cl)ccc4Cl)n3C)cs2)c1. The molecule has 1 atom stereocenters. The van der Waals surface area contributed by atoms with E-state index in [0.717, 1.165) is 21.4 Å². The van der Waals surface area contributed by atoms with Crippen molar-refractivity contribution in [2.24, 2.45) is 7.05 Å². The Kier molecular flexibility index (Phi) is 6.86. The zero-order chi connectivity index (χ0) is 22.0. The summed E-state index contributed by atoms with van der Waals surface area (Å²) in [6.45, 7) is 3.99. The molecule has 4 rings (SSSR count). The lowest BCUT2D eigenvalue weighted by Crippen LogP contribution is -2.10. The van der Waals surface area contributed by atoms with Gasteiger partial charge < -0.3 is 9.30 Å². The Balaban J connectivity index is 1.42. The summed E-state index contributed by atoms with van der Waals surface area (Å²) in [5, 5.41) is 13.6. The minimum Gasteiger partial charge on any atom is -0.481 e. The molecule has 31 heavy (non-hydrogen) atoms. The monoisotopic (exact) mass is 490 g/mol. The maximum atomic E-state index is 6.21. The Hall–Kier alpha value is -2.06. The van der Waals surface area contributed by atoms with E-state index >= 15 is 0 Å². The number of hydrogen-bond acceptors (Lipinski definition) is 6. The van der Waals surface area contributed by atoms with Gasteiger partial charge in [0.05, 0.1) is 10.7 Å². The first kappa shape index (κ1) is 22.1. The van der Waals surface area contributed by atoms with Crippen LogP contribution in [0.4, 0.5) is 0 Å². The molecule has 0 N–H and O–H groups in total. The van der Waals surface area contributed by atoms with Gasteiger partial charge in [-0.2, -0.15) is 0 Å². The highest BCUT2D eigenvalue weighted by Crippen LogP contribution is 2.32. The number of benzene rings is 2. The van der Waals surface area contributed by atoms with E-state index in [4.69, 9.17) is 32.9 Å². The highest BCUT2D eigenvalue weighted by atomic mass is 35.5. The van der Waals surface area contributed by atoms with Crippen LogP contribution in [0.2, 0.25) is 10.0 Å². The standard InChI is InChI=1S/C22H20Cl2N4OS2/c1-13-5-4-6-15(9-13)21-25-17(11-30-21)12-31-22-27-26-20(28(22)3)14(2)29-19-10-16(23)7-8-18(19)24/h4-11,14H,12H2,1-3H3. The van der Waals surface area contributed by atoms with Gasteiger partial charge in [0.2, 0.25) is 0 Å². The number of aryl methyl sites for hydroxylation is 1. The van der Waals surface area contributed by atoms with Crippen molar-refractivity contribution >= 4 is 46.3 Å². The molecule has 2 aromatic heterocycles. The Bertz CT molecular complexity index is 1210. The molecule has 0 bridgehead atoms. The van der Waals surface area contributed by atoms with Gasteiger partial charge in [-0.1, -0.05) is 58.7 Å². The number of rotatable bonds is 7. The van der Waals surface area contributed by atoms with Crippen LogP contribution in [0.5, 0.6) is 5.75 Å². The van der Waals surface area contributed by atoms with E-state index in [0.29, 0.717) is 27.4 Å². The van der Waals surface area contributed by atoms with Gasteiger partial charge in [0.15, 0.2) is 17.1 Å². The summed E-state index contributed by atoms with van der Waals surface area (Å²) in [6, 6.07) is 13.5. The molecule has 0 amide bonds. The number of halogens is 2. The molecule has 2 heterocycles. The molecular formula is C22H20Cl2N4OS2. The van der Waals surface area contributed by atoms with Crippen LogP contribution in [-0.2, 0) is 12.8 Å². The van der Waals surface area contributed by atoms with Crippen molar-refractivity contribution in [1.82, 2.24) is 19.7 Å². The molecule has 0 radical (unpaired) electrons. The number of ether oxygens (including phenoxy) is 1. The average molecular weight is 491 g/mol. The van der Waals surface area contributed by atoms with Gasteiger partial charge in [-0.15, -0.1) is 21.5 Å². The smallest absolute Gasteiger partial charge is 0.191 e. The van der Waals surface area contributed by atoms with Crippen molar-refractivity contribution in [3.05, 3.63) is 75.0 Å². The molecule has 2 aromatic carbocycles. The summed E-state index contributed by atoms with van der Waals surface area (Å²) < 4.78 is 7.90. The minimum absolute atomic E-state index is 0.338.